The van der Waals surface area contributed by atoms with Crippen molar-refractivity contribution in [3.05, 3.63) is 0 Å². The molecule has 0 bridgehead atoms. The van der Waals surface area contributed by atoms with Crippen LogP contribution in [0.2, 0.25) is 0 Å². The highest BCUT2D eigenvalue weighted by Gasteiger charge is 1.99. The minimum Gasteiger partial charge on any atom is -0.355 e. The molecule has 1 N–H and O–H groups in total. The molecule has 0 radical (unpaired) electrons. The summed E-state index contributed by atoms with van der Waals surface area (Å²) in [5.74, 6) is 0.658. The van der Waals surface area contributed by atoms with Gasteiger partial charge in [-0.05, 0) is 6.42 Å². The molecule has 2 nitrogen and oxygen atoms in total. The van der Waals surface area contributed by atoms with E-state index in [0.29, 0.717) is 18.8 Å². The van der Waals surface area contributed by atoms with Crippen molar-refractivity contribution >= 4 is 17.5 Å². The first-order chi connectivity index (χ1) is 11.3. The van der Waals surface area contributed by atoms with Gasteiger partial charge in [0.2, 0.25) is 5.91 Å². The van der Waals surface area contributed by atoms with Gasteiger partial charge in [-0.25, -0.2) is 0 Å². The number of hydrogen-bond acceptors (Lipinski definition) is 1. The molecule has 0 heterocycles. The van der Waals surface area contributed by atoms with Crippen molar-refractivity contribution in [2.45, 2.75) is 110 Å². The molecule has 0 aromatic rings. The van der Waals surface area contributed by atoms with Crippen molar-refractivity contribution in [2.24, 2.45) is 0 Å². The second-order valence-corrected chi connectivity index (χ2v) is 7.12. The minimum absolute atomic E-state index is 0.153. The number of carbonyl (C=O) groups excluding carboxylic acids is 1. The van der Waals surface area contributed by atoms with E-state index in [1.807, 2.05) is 0 Å². The van der Waals surface area contributed by atoms with Crippen LogP contribution in [0.4, 0.5) is 0 Å². The number of carbonyl (C=O) groups is 1. The second-order valence-electron chi connectivity index (χ2n) is 6.74. The zero-order valence-electron chi connectivity index (χ0n) is 15.5. The molecule has 23 heavy (non-hydrogen) atoms. The number of nitrogens with one attached hydrogen (secondary N) is 1. The summed E-state index contributed by atoms with van der Waals surface area (Å²) in [6.45, 7) is 2.87. The van der Waals surface area contributed by atoms with Gasteiger partial charge in [-0.15, -0.1) is 11.6 Å². The summed E-state index contributed by atoms with van der Waals surface area (Å²) in [5, 5.41) is 2.81. The van der Waals surface area contributed by atoms with Crippen molar-refractivity contribution < 1.29 is 4.79 Å². The maximum absolute atomic E-state index is 11.4. The molecule has 3 heteroatoms. The van der Waals surface area contributed by atoms with Crippen LogP contribution in [0.1, 0.15) is 110 Å². The molecule has 0 unspecified atom stereocenters. The average Bonchev–Trinajstić information content (AvgIpc) is 2.56. The van der Waals surface area contributed by atoms with Gasteiger partial charge in [-0.1, -0.05) is 96.8 Å². The van der Waals surface area contributed by atoms with Crippen LogP contribution in [0, 0.1) is 0 Å². The fourth-order valence-corrected chi connectivity index (χ4v) is 3.03. The Hall–Kier alpha value is -0.240. The maximum Gasteiger partial charge on any atom is 0.220 e. The Bertz CT molecular complexity index is 246. The molecule has 0 aromatic heterocycles. The van der Waals surface area contributed by atoms with E-state index >= 15 is 0 Å². The molecule has 0 fully saturated rings. The quantitative estimate of drug-likeness (QED) is 0.220. The molecule has 0 aliphatic heterocycles. The third kappa shape index (κ3) is 19.7. The van der Waals surface area contributed by atoms with E-state index in [0.717, 1.165) is 6.42 Å². The smallest absolute Gasteiger partial charge is 0.220 e. The largest absolute Gasteiger partial charge is 0.355 e. The van der Waals surface area contributed by atoms with Crippen LogP contribution >= 0.6 is 11.6 Å². The Kier molecular flexibility index (Phi) is 19.6. The van der Waals surface area contributed by atoms with Gasteiger partial charge in [0.05, 0.1) is 0 Å². The zero-order chi connectivity index (χ0) is 17.0. The van der Waals surface area contributed by atoms with Crippen LogP contribution in [-0.4, -0.2) is 18.3 Å². The van der Waals surface area contributed by atoms with Crippen LogP contribution < -0.4 is 5.32 Å². The van der Waals surface area contributed by atoms with E-state index in [2.05, 4.69) is 12.2 Å². The number of rotatable bonds is 18. The van der Waals surface area contributed by atoms with Gasteiger partial charge in [-0.2, -0.15) is 0 Å². The van der Waals surface area contributed by atoms with E-state index in [-0.39, 0.29) is 5.91 Å². The molecule has 0 saturated carbocycles. The van der Waals surface area contributed by atoms with Crippen molar-refractivity contribution in [2.75, 3.05) is 12.4 Å². The Morgan fingerprint density at radius 2 is 1.09 bits per heavy atom. The van der Waals surface area contributed by atoms with E-state index in [9.17, 15) is 4.79 Å². The number of hydrogen-bond donors (Lipinski definition) is 1. The summed E-state index contributed by atoms with van der Waals surface area (Å²) in [6.07, 6.45) is 21.0. The molecule has 0 rings (SSSR count). The Labute approximate surface area is 150 Å². The summed E-state index contributed by atoms with van der Waals surface area (Å²) in [6, 6.07) is 0. The summed E-state index contributed by atoms with van der Waals surface area (Å²) < 4.78 is 0. The second kappa shape index (κ2) is 19.8. The van der Waals surface area contributed by atoms with Gasteiger partial charge in [0.15, 0.2) is 0 Å². The van der Waals surface area contributed by atoms with Gasteiger partial charge in [-0.3, -0.25) is 4.79 Å². The maximum atomic E-state index is 11.4. The Balaban J connectivity index is 3.04. The van der Waals surface area contributed by atoms with Crippen LogP contribution in [0.5, 0.6) is 0 Å². The van der Waals surface area contributed by atoms with Gasteiger partial charge in [0, 0.05) is 18.8 Å². The van der Waals surface area contributed by atoms with Gasteiger partial charge >= 0.3 is 0 Å². The first-order valence-corrected chi connectivity index (χ1v) is 10.7. The third-order valence-corrected chi connectivity index (χ3v) is 4.61. The lowest BCUT2D eigenvalue weighted by Crippen LogP contribution is -2.24. The van der Waals surface area contributed by atoms with Crippen molar-refractivity contribution in [3.63, 3.8) is 0 Å². The lowest BCUT2D eigenvalue weighted by Gasteiger charge is -2.04. The Morgan fingerprint density at radius 1 is 0.696 bits per heavy atom. The predicted molar refractivity (Wildman–Crippen MR) is 103 cm³/mol. The van der Waals surface area contributed by atoms with Crippen molar-refractivity contribution in [1.82, 2.24) is 5.32 Å². The molecular weight excluding hydrogens is 306 g/mol. The molecule has 1 amide bonds. The molecule has 0 aromatic carbocycles. The number of amides is 1. The fourth-order valence-electron chi connectivity index (χ4n) is 2.93. The third-order valence-electron chi connectivity index (χ3n) is 4.42. The normalized spacial score (nSPS) is 10.9. The zero-order valence-corrected chi connectivity index (χ0v) is 16.3. The SMILES string of the molecule is CCCCCCCCCCCCCCCCCC(=O)NCCCl. The monoisotopic (exact) mass is 345 g/mol. The molecule has 0 atom stereocenters. The Morgan fingerprint density at radius 3 is 1.48 bits per heavy atom. The lowest BCUT2D eigenvalue weighted by molar-refractivity contribution is -0.121. The number of alkyl halides is 1. The summed E-state index contributed by atoms with van der Waals surface area (Å²) in [7, 11) is 0. The molecule has 0 aliphatic carbocycles. The van der Waals surface area contributed by atoms with Crippen LogP contribution in [-0.2, 0) is 4.79 Å². The average molecular weight is 346 g/mol. The summed E-state index contributed by atoms with van der Waals surface area (Å²) >= 11 is 5.53. The number of unbranched alkanes of at least 4 members (excludes halogenated alkanes) is 14. The topological polar surface area (TPSA) is 29.1 Å². The van der Waals surface area contributed by atoms with Crippen molar-refractivity contribution in [3.8, 4) is 0 Å². The molecule has 138 valence electrons. The van der Waals surface area contributed by atoms with Crippen LogP contribution in [0.3, 0.4) is 0 Å². The summed E-state index contributed by atoms with van der Waals surface area (Å²) in [4.78, 5) is 11.4. The van der Waals surface area contributed by atoms with Crippen molar-refractivity contribution in [1.29, 1.82) is 0 Å². The van der Waals surface area contributed by atoms with E-state index in [4.69, 9.17) is 11.6 Å². The minimum atomic E-state index is 0.153. The standard InChI is InChI=1S/C20H40ClNO/c1-2-3-4-5-6-7-8-9-10-11-12-13-14-15-16-17-20(23)22-19-18-21/h2-19H2,1H3,(H,22,23). The molecule has 0 spiro atoms. The lowest BCUT2D eigenvalue weighted by atomic mass is 10.0. The number of halogens is 1. The van der Waals surface area contributed by atoms with E-state index < -0.39 is 0 Å². The molecule has 0 aliphatic rings. The van der Waals surface area contributed by atoms with E-state index in [1.54, 1.807) is 0 Å². The van der Waals surface area contributed by atoms with Gasteiger partial charge in [0.1, 0.15) is 0 Å². The fraction of sp³-hybridized carbons (Fsp3) is 0.950. The molecule has 0 saturated heterocycles. The van der Waals surface area contributed by atoms with Crippen LogP contribution in [0.25, 0.3) is 0 Å². The van der Waals surface area contributed by atoms with E-state index in [1.165, 1.54) is 89.9 Å². The highest BCUT2D eigenvalue weighted by atomic mass is 35.5. The predicted octanol–water partition coefficient (Wildman–Crippen LogP) is 6.60. The van der Waals surface area contributed by atoms with Gasteiger partial charge in [0.25, 0.3) is 0 Å². The first-order valence-electron chi connectivity index (χ1n) is 10.1. The van der Waals surface area contributed by atoms with Crippen LogP contribution in [0.15, 0.2) is 0 Å². The first kappa shape index (κ1) is 22.8. The molecular formula is C20H40ClNO. The highest BCUT2D eigenvalue weighted by Crippen LogP contribution is 2.13. The highest BCUT2D eigenvalue weighted by molar-refractivity contribution is 6.18. The van der Waals surface area contributed by atoms with Gasteiger partial charge < -0.3 is 5.32 Å². The summed E-state index contributed by atoms with van der Waals surface area (Å²) in [5.41, 5.74) is 0.